The quantitative estimate of drug-likeness (QED) is 0.884. The van der Waals surface area contributed by atoms with Crippen molar-refractivity contribution in [1.82, 2.24) is 0 Å². The SMILES string of the molecule is CCC(CN)Cc1cc(Br)ccc1F. The van der Waals surface area contributed by atoms with Crippen molar-refractivity contribution in [2.45, 2.75) is 19.8 Å². The standard InChI is InChI=1S/C11H15BrFN/c1-2-8(7-14)5-9-6-10(12)3-4-11(9)13/h3-4,6,8H,2,5,7,14H2,1H3. The fourth-order valence-electron chi connectivity index (χ4n) is 1.41. The van der Waals surface area contributed by atoms with Crippen molar-refractivity contribution in [2.24, 2.45) is 11.7 Å². The van der Waals surface area contributed by atoms with Crippen LogP contribution >= 0.6 is 15.9 Å². The van der Waals surface area contributed by atoms with Gasteiger partial charge in [0, 0.05) is 4.47 Å². The summed E-state index contributed by atoms with van der Waals surface area (Å²) in [6, 6.07) is 5.03. The predicted molar refractivity (Wildman–Crippen MR) is 60.6 cm³/mol. The maximum Gasteiger partial charge on any atom is 0.126 e. The minimum absolute atomic E-state index is 0.139. The Morgan fingerprint density at radius 3 is 2.79 bits per heavy atom. The summed E-state index contributed by atoms with van der Waals surface area (Å²) in [5.74, 6) is 0.235. The summed E-state index contributed by atoms with van der Waals surface area (Å²) in [5.41, 5.74) is 6.33. The van der Waals surface area contributed by atoms with Gasteiger partial charge >= 0.3 is 0 Å². The van der Waals surface area contributed by atoms with Crippen LogP contribution in [-0.2, 0) is 6.42 Å². The lowest BCUT2D eigenvalue weighted by molar-refractivity contribution is 0.500. The van der Waals surface area contributed by atoms with Crippen molar-refractivity contribution in [3.63, 3.8) is 0 Å². The fraction of sp³-hybridized carbons (Fsp3) is 0.455. The Kier molecular flexibility index (Phi) is 4.55. The zero-order valence-electron chi connectivity index (χ0n) is 8.26. The van der Waals surface area contributed by atoms with Gasteiger partial charge < -0.3 is 5.73 Å². The third-order valence-corrected chi connectivity index (χ3v) is 2.92. The highest BCUT2D eigenvalue weighted by atomic mass is 79.9. The molecule has 1 rings (SSSR count). The Hall–Kier alpha value is -0.410. The fourth-order valence-corrected chi connectivity index (χ4v) is 1.81. The zero-order valence-corrected chi connectivity index (χ0v) is 9.85. The van der Waals surface area contributed by atoms with Crippen molar-refractivity contribution >= 4 is 15.9 Å². The van der Waals surface area contributed by atoms with E-state index in [1.807, 2.05) is 6.07 Å². The highest BCUT2D eigenvalue weighted by molar-refractivity contribution is 9.10. The predicted octanol–water partition coefficient (Wildman–Crippen LogP) is 3.12. The van der Waals surface area contributed by atoms with E-state index < -0.39 is 0 Å². The van der Waals surface area contributed by atoms with Gasteiger partial charge in [0.1, 0.15) is 5.82 Å². The van der Waals surface area contributed by atoms with Crippen molar-refractivity contribution < 1.29 is 4.39 Å². The van der Waals surface area contributed by atoms with Gasteiger partial charge in [-0.05, 0) is 42.6 Å². The molecule has 0 fully saturated rings. The summed E-state index contributed by atoms with van der Waals surface area (Å²) < 4.78 is 14.3. The van der Waals surface area contributed by atoms with E-state index in [1.165, 1.54) is 6.07 Å². The molecule has 1 atom stereocenters. The monoisotopic (exact) mass is 259 g/mol. The van der Waals surface area contributed by atoms with E-state index in [4.69, 9.17) is 5.73 Å². The van der Waals surface area contributed by atoms with Crippen LogP contribution in [0.1, 0.15) is 18.9 Å². The van der Waals surface area contributed by atoms with Gasteiger partial charge in [-0.15, -0.1) is 0 Å². The first kappa shape index (κ1) is 11.7. The molecular weight excluding hydrogens is 245 g/mol. The van der Waals surface area contributed by atoms with Crippen LogP contribution in [0.4, 0.5) is 4.39 Å². The third kappa shape index (κ3) is 3.07. The topological polar surface area (TPSA) is 26.0 Å². The van der Waals surface area contributed by atoms with Gasteiger partial charge in [-0.2, -0.15) is 0 Å². The van der Waals surface area contributed by atoms with E-state index in [2.05, 4.69) is 22.9 Å². The van der Waals surface area contributed by atoms with E-state index in [-0.39, 0.29) is 5.82 Å². The lowest BCUT2D eigenvalue weighted by Crippen LogP contribution is -2.16. The lowest BCUT2D eigenvalue weighted by atomic mass is 9.97. The molecule has 0 amide bonds. The molecule has 3 heteroatoms. The van der Waals surface area contributed by atoms with E-state index in [0.717, 1.165) is 22.9 Å². The maximum atomic E-state index is 13.3. The number of halogens is 2. The number of rotatable bonds is 4. The second-order valence-electron chi connectivity index (χ2n) is 3.45. The number of nitrogens with two attached hydrogens (primary N) is 1. The van der Waals surface area contributed by atoms with Gasteiger partial charge in [0.2, 0.25) is 0 Å². The van der Waals surface area contributed by atoms with Crippen molar-refractivity contribution in [1.29, 1.82) is 0 Å². The van der Waals surface area contributed by atoms with Crippen LogP contribution in [0.15, 0.2) is 22.7 Å². The summed E-state index contributed by atoms with van der Waals surface area (Å²) in [6.45, 7) is 2.69. The first-order valence-electron chi connectivity index (χ1n) is 4.81. The molecule has 0 aromatic heterocycles. The molecule has 0 bridgehead atoms. The van der Waals surface area contributed by atoms with Crippen molar-refractivity contribution in [2.75, 3.05) is 6.54 Å². The summed E-state index contributed by atoms with van der Waals surface area (Å²) in [4.78, 5) is 0. The summed E-state index contributed by atoms with van der Waals surface area (Å²) in [7, 11) is 0. The summed E-state index contributed by atoms with van der Waals surface area (Å²) in [5, 5.41) is 0. The van der Waals surface area contributed by atoms with E-state index in [9.17, 15) is 4.39 Å². The number of hydrogen-bond acceptors (Lipinski definition) is 1. The first-order chi connectivity index (χ1) is 6.67. The van der Waals surface area contributed by atoms with Gasteiger partial charge in [0.25, 0.3) is 0 Å². The molecule has 14 heavy (non-hydrogen) atoms. The van der Waals surface area contributed by atoms with Gasteiger partial charge in [0.15, 0.2) is 0 Å². The van der Waals surface area contributed by atoms with Crippen LogP contribution in [0.3, 0.4) is 0 Å². The van der Waals surface area contributed by atoms with Gasteiger partial charge in [-0.25, -0.2) is 4.39 Å². The minimum Gasteiger partial charge on any atom is -0.330 e. The Balaban J connectivity index is 2.79. The van der Waals surface area contributed by atoms with Crippen LogP contribution < -0.4 is 5.73 Å². The Morgan fingerprint density at radius 1 is 1.50 bits per heavy atom. The molecule has 0 radical (unpaired) electrons. The highest BCUT2D eigenvalue weighted by Gasteiger charge is 2.09. The average Bonchev–Trinajstić information content (AvgIpc) is 2.19. The third-order valence-electron chi connectivity index (χ3n) is 2.43. The number of hydrogen-bond donors (Lipinski definition) is 1. The molecule has 1 nitrogen and oxygen atoms in total. The average molecular weight is 260 g/mol. The molecule has 0 aliphatic heterocycles. The molecule has 78 valence electrons. The molecule has 2 N–H and O–H groups in total. The second kappa shape index (κ2) is 5.47. The zero-order chi connectivity index (χ0) is 10.6. The molecule has 1 aromatic carbocycles. The van der Waals surface area contributed by atoms with Crippen LogP contribution in [0.25, 0.3) is 0 Å². The minimum atomic E-state index is -0.139. The normalized spacial score (nSPS) is 12.9. The van der Waals surface area contributed by atoms with Crippen LogP contribution in [0.2, 0.25) is 0 Å². The van der Waals surface area contributed by atoms with Crippen LogP contribution in [0.5, 0.6) is 0 Å². The molecule has 0 aliphatic rings. The second-order valence-corrected chi connectivity index (χ2v) is 4.37. The number of benzene rings is 1. The van der Waals surface area contributed by atoms with Crippen molar-refractivity contribution in [3.8, 4) is 0 Å². The lowest BCUT2D eigenvalue weighted by Gasteiger charge is -2.12. The molecule has 0 spiro atoms. The van der Waals surface area contributed by atoms with Gasteiger partial charge in [0.05, 0.1) is 0 Å². The first-order valence-corrected chi connectivity index (χ1v) is 5.60. The summed E-state index contributed by atoms with van der Waals surface area (Å²) in [6.07, 6.45) is 1.71. The summed E-state index contributed by atoms with van der Waals surface area (Å²) >= 11 is 3.33. The molecule has 1 aromatic rings. The van der Waals surface area contributed by atoms with Crippen LogP contribution in [0, 0.1) is 11.7 Å². The Morgan fingerprint density at radius 2 is 2.21 bits per heavy atom. The highest BCUT2D eigenvalue weighted by Crippen LogP contribution is 2.19. The molecule has 1 unspecified atom stereocenters. The largest absolute Gasteiger partial charge is 0.330 e. The molecule has 0 aliphatic carbocycles. The van der Waals surface area contributed by atoms with E-state index >= 15 is 0 Å². The van der Waals surface area contributed by atoms with Gasteiger partial charge in [-0.1, -0.05) is 29.3 Å². The van der Waals surface area contributed by atoms with E-state index in [0.29, 0.717) is 12.5 Å². The maximum absolute atomic E-state index is 13.3. The molecular formula is C11H15BrFN. The van der Waals surface area contributed by atoms with E-state index in [1.54, 1.807) is 6.07 Å². The molecule has 0 saturated heterocycles. The smallest absolute Gasteiger partial charge is 0.126 e. The van der Waals surface area contributed by atoms with Crippen LogP contribution in [-0.4, -0.2) is 6.54 Å². The molecule has 0 saturated carbocycles. The van der Waals surface area contributed by atoms with Crippen molar-refractivity contribution in [3.05, 3.63) is 34.1 Å². The Bertz CT molecular complexity index is 297. The van der Waals surface area contributed by atoms with Gasteiger partial charge in [-0.3, -0.25) is 0 Å². The molecule has 0 heterocycles. The Labute approximate surface area is 92.6 Å².